The number of halogens is 82. The smallest absolute Gasteiger partial charge is 0.240 e. The Morgan fingerprint density at radius 1 is 0.138 bits per heavy atom. The highest BCUT2D eigenvalue weighted by Gasteiger charge is 3.06. The van der Waals surface area contributed by atoms with E-state index in [1.807, 2.05) is 0 Å². The Hall–Kier alpha value is 1.12. The van der Waals surface area contributed by atoms with Crippen molar-refractivity contribution in [2.45, 2.75) is 221 Å². The zero-order valence-corrected chi connectivity index (χ0v) is 71.7. The Morgan fingerprint density at radius 3 is 0.323 bits per heavy atom. The van der Waals surface area contributed by atoms with Crippen molar-refractivity contribution in [1.82, 2.24) is 0 Å². The lowest BCUT2D eigenvalue weighted by Crippen LogP contribution is -2.80. The van der Waals surface area contributed by atoms with Crippen LogP contribution in [0.3, 0.4) is 0 Å². The Labute approximate surface area is 778 Å². The fourth-order valence-corrected chi connectivity index (χ4v) is 14.3. The Bertz CT molecular complexity index is 3880. The predicted octanol–water partition coefficient (Wildman–Crippen LogP) is 31.3. The lowest BCUT2D eigenvalue weighted by atomic mass is 9.82. The molecular weight excluding hydrogens is 2510 g/mol. The van der Waals surface area contributed by atoms with Crippen molar-refractivity contribution < 1.29 is 283 Å². The lowest BCUT2D eigenvalue weighted by molar-refractivity contribution is -0.487. The molecule has 778 valence electrons. The summed E-state index contributed by atoms with van der Waals surface area (Å²) in [7, 11) is 0. The number of hydrogen-bond acceptors (Lipinski definition) is 4. The minimum Gasteiger partial charge on any atom is -0.240 e. The zero-order chi connectivity index (χ0) is 108. The van der Waals surface area contributed by atoms with Gasteiger partial charge in [0, 0.05) is 0 Å². The summed E-state index contributed by atoms with van der Waals surface area (Å²) in [4.78, 5) is 25.4. The van der Waals surface area contributed by atoms with Gasteiger partial charge >= 0.3 is 190 Å². The highest BCUT2D eigenvalue weighted by Crippen LogP contribution is 2.78. The molecule has 0 radical (unpaired) electrons. The van der Waals surface area contributed by atoms with Crippen LogP contribution in [-0.4, -0.2) is 245 Å². The van der Waals surface area contributed by atoms with Crippen LogP contribution in [0.4, 0.5) is 263 Å². The fraction of sp³-hybridized carbons (Fsp3) is 0.955. The van der Waals surface area contributed by atoms with E-state index in [0.717, 1.165) is 0 Å². The molecule has 0 aromatic rings. The van der Waals surface area contributed by atoms with Gasteiger partial charge in [0.1, 0.15) is 0 Å². The van der Waals surface area contributed by atoms with Crippen molar-refractivity contribution in [3.63, 3.8) is 0 Å². The first-order chi connectivity index (χ1) is 54.7. The van der Waals surface area contributed by atoms with E-state index in [9.17, 15) is 238 Å². The number of carbonyl (C=O) groups excluding carboxylic acids is 2. The SMILES string of the molecule is O=C(OOC(=O)C(F)(F)C(F)(F)C(F)(F)C(F)(F)C(F)(F)C(F)(F)C(F)(F)C(F)(F)C(F)(F)C(F)(F)C(F)(F)C(F)(F)C(F)(F)C(F)(F)C(F)(F)C(Cl)(Cl)C(Cl)(Cl)C(Cl)(Cl)C(Cl)(Cl)C(Cl)(Cl)CCl)C(F)(F)C(F)(F)C(F)(F)C(F)(F)C(F)(F)C(F)(F)C(F)(F)C(F)(F)C(F)(F)C(F)(F)C(F)(F)C(F)(F)C(F)(F)C(F)(F)C(F)(F)C(Cl)(Cl)C(Cl)(Cl)C(Cl)(Cl)C(Cl)(Cl)C(Cl)(Cl)CCl. The minimum absolute atomic E-state index is 1.27. The Morgan fingerprint density at radius 2 is 0.223 bits per heavy atom. The molecule has 130 heavy (non-hydrogen) atoms. The highest BCUT2D eigenvalue weighted by molar-refractivity contribution is 6.78. The molecule has 0 amide bonds. The van der Waals surface area contributed by atoms with Crippen molar-refractivity contribution in [1.29, 1.82) is 0 Å². The molecule has 0 bridgehead atoms. The van der Waals surface area contributed by atoms with Crippen LogP contribution in [0.5, 0.6) is 0 Å². The van der Waals surface area contributed by atoms with E-state index in [0.29, 0.717) is 0 Å². The second kappa shape index (κ2) is 34.4. The molecule has 0 unspecified atom stereocenters. The number of rotatable bonds is 42. The van der Waals surface area contributed by atoms with Gasteiger partial charge in [-0.05, 0) is 0 Å². The van der Waals surface area contributed by atoms with E-state index in [2.05, 4.69) is 46.4 Å². The van der Waals surface area contributed by atoms with Crippen molar-refractivity contribution in [2.24, 2.45) is 0 Å². The second-order valence-corrected chi connectivity index (χ2v) is 38.4. The van der Waals surface area contributed by atoms with Gasteiger partial charge in [-0.1, -0.05) is 232 Å². The van der Waals surface area contributed by atoms with Crippen LogP contribution >= 0.6 is 255 Å². The zero-order valence-electron chi connectivity index (χ0n) is 55.0. The standard InChI is InChI=1S/C44H4Cl22F60O4/c45-1-5(47,48)9(51,52)11(55,56)13(59,60)15(63,64)19(75,76)23(83,84)27(91,92)31(99,100)35(107,108)39(115,116)43(123,124)41(119,120)37(111,112)33(103,104)29(95,96)25(87,88)21(79,80)17(71,72)7(67,68)3(127)129-130-4(128)8(69,70)18(73,74)22(81,82)26(89,90)30(97,98)34(105,106)38(113,114)42(121,122)44(125,126)40(117,118)36(109,110)32(101,102)28(93,94)24(85,86)20(77,78)16(65,66)14(61,62)12(57,58)10(53,54)6(49,50)2-46/h1-2H2. The van der Waals surface area contributed by atoms with Crippen LogP contribution in [0.1, 0.15) is 0 Å². The van der Waals surface area contributed by atoms with Crippen LogP contribution in [0.25, 0.3) is 0 Å². The third-order valence-electron chi connectivity index (χ3n) is 16.2. The first-order valence-electron chi connectivity index (χ1n) is 27.3. The highest BCUT2D eigenvalue weighted by atomic mass is 35.6. The topological polar surface area (TPSA) is 52.6 Å². The fourth-order valence-electron chi connectivity index (χ4n) is 7.77. The van der Waals surface area contributed by atoms with E-state index in [1.165, 1.54) is 9.78 Å². The maximum absolute atomic E-state index is 15.4. The molecule has 0 spiro atoms. The average Bonchev–Trinajstić information content (AvgIpc) is 0.691. The molecule has 0 saturated heterocycles. The average molecular weight is 2520 g/mol. The quantitative estimate of drug-likeness (QED) is 0.0265. The van der Waals surface area contributed by atoms with Crippen molar-refractivity contribution in [3.05, 3.63) is 0 Å². The van der Waals surface area contributed by atoms with E-state index in [-0.39, 0.29) is 0 Å². The van der Waals surface area contributed by atoms with E-state index in [1.54, 1.807) is 0 Å². The number of carbonyl (C=O) groups is 2. The van der Waals surface area contributed by atoms with Gasteiger partial charge in [-0.2, -0.15) is 263 Å². The summed E-state index contributed by atoms with van der Waals surface area (Å²) < 4.78 is 834. The minimum atomic E-state index is -10.9. The molecule has 0 aliphatic rings. The lowest BCUT2D eigenvalue weighted by Gasteiger charge is -2.52. The summed E-state index contributed by atoms with van der Waals surface area (Å²) in [5, 5.41) is 0. The molecule has 0 aliphatic heterocycles. The number of hydrogen-bond donors (Lipinski definition) is 0. The van der Waals surface area contributed by atoms with Gasteiger partial charge in [0.2, 0.25) is 8.67 Å². The van der Waals surface area contributed by atoms with Gasteiger partial charge in [0.15, 0.2) is 34.7 Å². The van der Waals surface area contributed by atoms with Gasteiger partial charge in [-0.15, -0.1) is 23.2 Å². The maximum atomic E-state index is 15.4. The summed E-state index contributed by atoms with van der Waals surface area (Å²) in [6.07, 6.45) is 0. The molecule has 0 N–H and O–H groups in total. The molecule has 0 rings (SSSR count). The molecule has 0 fully saturated rings. The van der Waals surface area contributed by atoms with Crippen LogP contribution in [-0.2, 0) is 19.4 Å². The number of alkyl halides is 82. The van der Waals surface area contributed by atoms with Crippen molar-refractivity contribution in [3.8, 4) is 0 Å². The molecule has 0 aromatic carbocycles. The molecule has 86 heteroatoms. The van der Waals surface area contributed by atoms with Crippen molar-refractivity contribution in [2.75, 3.05) is 11.8 Å². The molecule has 0 aliphatic carbocycles. The third-order valence-corrected chi connectivity index (χ3v) is 31.3. The molecular formula is C44H4Cl22F60O4. The van der Waals surface area contributed by atoms with E-state index >= 15 is 35.1 Å². The summed E-state index contributed by atoms with van der Waals surface area (Å²) in [5.41, 5.74) is 0. The molecule has 0 heterocycles. The molecule has 4 nitrogen and oxygen atoms in total. The third kappa shape index (κ3) is 15.8. The van der Waals surface area contributed by atoms with Gasteiger partial charge in [-0.3, -0.25) is 0 Å². The van der Waals surface area contributed by atoms with Crippen LogP contribution in [0.2, 0.25) is 0 Å². The maximum Gasteiger partial charge on any atom is 0.431 e. The first kappa shape index (κ1) is 131. The van der Waals surface area contributed by atoms with E-state index in [4.69, 9.17) is 209 Å². The summed E-state index contributed by atoms with van der Waals surface area (Å²) in [6.45, 7) is 0. The van der Waals surface area contributed by atoms with Gasteiger partial charge in [0.25, 0.3) is 0 Å². The molecule has 0 saturated carbocycles. The monoisotopic (exact) mass is 2510 g/mol. The normalized spacial score (nSPS) is 17.3. The second-order valence-electron chi connectivity index (χ2n) is 24.2. The summed E-state index contributed by atoms with van der Waals surface area (Å²) >= 11 is 114. The molecule has 0 atom stereocenters. The van der Waals surface area contributed by atoms with Crippen LogP contribution in [0.15, 0.2) is 0 Å². The largest absolute Gasteiger partial charge is 0.431 e. The molecule has 0 aromatic heterocycles. The van der Waals surface area contributed by atoms with Gasteiger partial charge < -0.3 is 0 Å². The van der Waals surface area contributed by atoms with Gasteiger partial charge in [0.05, 0.1) is 11.8 Å². The Kier molecular flexibility index (Phi) is 34.7. The predicted molar refractivity (Wildman–Crippen MR) is 326 cm³/mol. The first-order valence-corrected chi connectivity index (χ1v) is 36.0. The summed E-state index contributed by atoms with van der Waals surface area (Å²) in [6, 6.07) is 0. The summed E-state index contributed by atoms with van der Waals surface area (Å²) in [5.74, 6) is -326. The van der Waals surface area contributed by atoms with Crippen molar-refractivity contribution >= 4 is 267 Å². The Balaban J connectivity index is 8.12. The van der Waals surface area contributed by atoms with Crippen LogP contribution < -0.4 is 0 Å². The van der Waals surface area contributed by atoms with E-state index < -0.39 is 245 Å². The van der Waals surface area contributed by atoms with Crippen LogP contribution in [0, 0.1) is 0 Å². The van der Waals surface area contributed by atoms with Gasteiger partial charge in [-0.25, -0.2) is 19.4 Å².